The van der Waals surface area contributed by atoms with Gasteiger partial charge in [0, 0.05) is 36.5 Å². The first-order valence-corrected chi connectivity index (χ1v) is 13.3. The molecule has 1 aromatic heterocycles. The minimum Gasteiger partial charge on any atom is -0.391 e. The Balaban J connectivity index is 1.26. The molecule has 3 aromatic rings. The molecule has 3 aliphatic rings. The fourth-order valence-corrected chi connectivity index (χ4v) is 5.59. The standard InChI is InChI=1S/C27H30F2N8O2/c1-2-7-37-33-26(32-34-37)16-5-8-35(9-6-16)27-21-12-18(28)11-20(25(21)30-15-31-27)17-3-4-23(22(29)10-17)36-14-19(38)13-24(36)39/h3-4,10-12,15-16,19,34,38H,2,5-9,13-14H2,1H3,(H,32,33)/t19-/m0/s1. The van der Waals surface area contributed by atoms with Crippen molar-refractivity contribution in [3.63, 3.8) is 0 Å². The quantitative estimate of drug-likeness (QED) is 0.441. The van der Waals surface area contributed by atoms with Crippen molar-refractivity contribution in [3.05, 3.63) is 48.3 Å². The van der Waals surface area contributed by atoms with Crippen LogP contribution in [0.4, 0.5) is 20.3 Å². The lowest BCUT2D eigenvalue weighted by molar-refractivity contribution is -0.117. The van der Waals surface area contributed by atoms with Crippen molar-refractivity contribution in [1.29, 1.82) is 0 Å². The smallest absolute Gasteiger partial charge is 0.229 e. The number of rotatable bonds is 6. The van der Waals surface area contributed by atoms with Gasteiger partial charge >= 0.3 is 0 Å². The van der Waals surface area contributed by atoms with Gasteiger partial charge in [0.15, 0.2) is 0 Å². The van der Waals surface area contributed by atoms with Gasteiger partial charge in [-0.1, -0.05) is 13.0 Å². The number of hydrazone groups is 1. The van der Waals surface area contributed by atoms with E-state index >= 15 is 4.39 Å². The maximum Gasteiger partial charge on any atom is 0.229 e. The fourth-order valence-electron chi connectivity index (χ4n) is 5.59. The third-order valence-corrected chi connectivity index (χ3v) is 7.51. The first-order chi connectivity index (χ1) is 18.9. The molecule has 3 N–H and O–H groups in total. The zero-order valence-corrected chi connectivity index (χ0v) is 21.6. The molecule has 2 saturated heterocycles. The molecule has 39 heavy (non-hydrogen) atoms. The molecule has 0 saturated carbocycles. The van der Waals surface area contributed by atoms with Crippen LogP contribution in [-0.2, 0) is 4.79 Å². The average molecular weight is 537 g/mol. The number of amidine groups is 1. The van der Waals surface area contributed by atoms with Crippen LogP contribution in [0, 0.1) is 17.6 Å². The summed E-state index contributed by atoms with van der Waals surface area (Å²) in [5.74, 6) is 0.411. The largest absolute Gasteiger partial charge is 0.391 e. The number of nitrogens with zero attached hydrogens (tertiary/aromatic N) is 6. The summed E-state index contributed by atoms with van der Waals surface area (Å²) in [7, 11) is 0. The van der Waals surface area contributed by atoms with Crippen LogP contribution < -0.4 is 20.8 Å². The number of amides is 1. The summed E-state index contributed by atoms with van der Waals surface area (Å²) < 4.78 is 30.1. The lowest BCUT2D eigenvalue weighted by Gasteiger charge is -2.33. The van der Waals surface area contributed by atoms with E-state index in [1.807, 2.05) is 5.12 Å². The summed E-state index contributed by atoms with van der Waals surface area (Å²) in [5, 5.41) is 16.6. The first-order valence-electron chi connectivity index (χ1n) is 13.3. The highest BCUT2D eigenvalue weighted by Gasteiger charge is 2.31. The maximum absolute atomic E-state index is 15.2. The Labute approximate surface area is 224 Å². The number of hydrogen-bond donors (Lipinski definition) is 3. The monoisotopic (exact) mass is 536 g/mol. The summed E-state index contributed by atoms with van der Waals surface area (Å²) in [4.78, 5) is 24.5. The Morgan fingerprint density at radius 1 is 1.13 bits per heavy atom. The predicted octanol–water partition coefficient (Wildman–Crippen LogP) is 2.94. The molecule has 204 valence electrons. The zero-order chi connectivity index (χ0) is 27.1. The second-order valence-electron chi connectivity index (χ2n) is 10.2. The number of fused-ring (bicyclic) bond motifs is 1. The van der Waals surface area contributed by atoms with Crippen molar-refractivity contribution in [2.24, 2.45) is 11.0 Å². The zero-order valence-electron chi connectivity index (χ0n) is 21.6. The third-order valence-electron chi connectivity index (χ3n) is 7.51. The topological polar surface area (TPSA) is 109 Å². The number of carbonyl (C=O) groups excluding carboxylic acids is 1. The Kier molecular flexibility index (Phi) is 6.73. The number of carbonyl (C=O) groups is 1. The van der Waals surface area contributed by atoms with Gasteiger partial charge in [-0.05, 0) is 49.1 Å². The number of aliphatic hydroxyl groups is 1. The number of nitrogens with one attached hydrogen (secondary N) is 2. The van der Waals surface area contributed by atoms with E-state index in [1.54, 1.807) is 6.07 Å². The lowest BCUT2D eigenvalue weighted by Crippen LogP contribution is -2.45. The molecular weight excluding hydrogens is 506 g/mol. The van der Waals surface area contributed by atoms with Crippen LogP contribution >= 0.6 is 0 Å². The molecule has 3 aliphatic heterocycles. The third kappa shape index (κ3) is 4.85. The van der Waals surface area contributed by atoms with E-state index in [1.165, 1.54) is 35.5 Å². The van der Waals surface area contributed by atoms with E-state index in [4.69, 9.17) is 0 Å². The molecule has 0 radical (unpaired) electrons. The first kappa shape index (κ1) is 25.4. The summed E-state index contributed by atoms with van der Waals surface area (Å²) in [6, 6.07) is 7.16. The molecule has 0 bridgehead atoms. The Morgan fingerprint density at radius 3 is 2.67 bits per heavy atom. The second kappa shape index (κ2) is 10.3. The van der Waals surface area contributed by atoms with Crippen molar-refractivity contribution in [2.75, 3.05) is 36.0 Å². The van der Waals surface area contributed by atoms with Gasteiger partial charge in [-0.25, -0.2) is 24.3 Å². The number of aliphatic hydroxyl groups excluding tert-OH is 1. The molecule has 1 atom stereocenters. The van der Waals surface area contributed by atoms with Crippen molar-refractivity contribution >= 4 is 34.2 Å². The Hall–Kier alpha value is -3.90. The number of β-amino-alcohol motifs (C(OH)–C–C–N with tert-alkyl or cyclic N) is 1. The van der Waals surface area contributed by atoms with Gasteiger partial charge in [0.25, 0.3) is 0 Å². The summed E-state index contributed by atoms with van der Waals surface area (Å²) in [6.07, 6.45) is 3.31. The molecule has 0 spiro atoms. The highest BCUT2D eigenvalue weighted by atomic mass is 19.1. The van der Waals surface area contributed by atoms with Gasteiger partial charge < -0.3 is 14.9 Å². The van der Waals surface area contributed by atoms with Crippen molar-refractivity contribution in [3.8, 4) is 11.1 Å². The highest BCUT2D eigenvalue weighted by Crippen LogP contribution is 2.36. The van der Waals surface area contributed by atoms with Crippen LogP contribution in [0.15, 0.2) is 41.8 Å². The van der Waals surface area contributed by atoms with E-state index in [-0.39, 0.29) is 30.5 Å². The molecule has 2 fully saturated rings. The van der Waals surface area contributed by atoms with Gasteiger partial charge in [0.1, 0.15) is 29.6 Å². The van der Waals surface area contributed by atoms with Crippen LogP contribution in [0.25, 0.3) is 22.0 Å². The molecule has 4 heterocycles. The van der Waals surface area contributed by atoms with Crippen LogP contribution in [-0.4, -0.2) is 64.2 Å². The van der Waals surface area contributed by atoms with Gasteiger partial charge in [-0.2, -0.15) is 0 Å². The minimum atomic E-state index is -0.821. The number of hydrogen-bond acceptors (Lipinski definition) is 9. The van der Waals surface area contributed by atoms with Crippen molar-refractivity contribution in [1.82, 2.24) is 26.0 Å². The van der Waals surface area contributed by atoms with Crippen molar-refractivity contribution in [2.45, 2.75) is 38.7 Å². The number of hydrazine groups is 2. The molecule has 12 heteroatoms. The van der Waals surface area contributed by atoms with E-state index in [0.29, 0.717) is 27.8 Å². The Bertz CT molecular complexity index is 1440. The SMILES string of the molecule is CCCN1NN=C(C2CCN(c3ncnc4c(-c5ccc(N6C[C@@H](O)CC6=O)c(F)c5)cc(F)cc34)CC2)N1. The summed E-state index contributed by atoms with van der Waals surface area (Å²) in [6.45, 7) is 4.43. The number of anilines is 2. The normalized spacial score (nSPS) is 20.5. The molecule has 0 unspecified atom stereocenters. The van der Waals surface area contributed by atoms with Gasteiger partial charge in [-0.15, -0.1) is 10.2 Å². The highest BCUT2D eigenvalue weighted by molar-refractivity contribution is 6.00. The van der Waals surface area contributed by atoms with E-state index in [0.717, 1.165) is 44.7 Å². The van der Waals surface area contributed by atoms with E-state index in [9.17, 15) is 14.3 Å². The number of piperidine rings is 1. The fraction of sp³-hybridized carbons (Fsp3) is 0.407. The Morgan fingerprint density at radius 2 is 1.95 bits per heavy atom. The summed E-state index contributed by atoms with van der Waals surface area (Å²) >= 11 is 0. The predicted molar refractivity (Wildman–Crippen MR) is 144 cm³/mol. The lowest BCUT2D eigenvalue weighted by atomic mass is 9.95. The number of benzene rings is 2. The van der Waals surface area contributed by atoms with Gasteiger partial charge in [-0.3, -0.25) is 10.2 Å². The van der Waals surface area contributed by atoms with Crippen LogP contribution in [0.5, 0.6) is 0 Å². The van der Waals surface area contributed by atoms with Crippen LogP contribution in [0.3, 0.4) is 0 Å². The van der Waals surface area contributed by atoms with Gasteiger partial charge in [0.05, 0.1) is 30.3 Å². The van der Waals surface area contributed by atoms with Crippen LogP contribution in [0.1, 0.15) is 32.6 Å². The maximum atomic E-state index is 15.2. The van der Waals surface area contributed by atoms with E-state index in [2.05, 4.69) is 37.9 Å². The van der Waals surface area contributed by atoms with Crippen LogP contribution in [0.2, 0.25) is 0 Å². The molecular formula is C27H30F2N8O2. The number of aromatic nitrogens is 2. The molecule has 2 aromatic carbocycles. The van der Waals surface area contributed by atoms with E-state index < -0.39 is 17.7 Å². The summed E-state index contributed by atoms with van der Waals surface area (Å²) in [5.41, 5.74) is 7.81. The second-order valence-corrected chi connectivity index (χ2v) is 10.2. The molecule has 1 amide bonds. The molecule has 6 rings (SSSR count). The number of halogens is 2. The molecule has 0 aliphatic carbocycles. The van der Waals surface area contributed by atoms with Crippen molar-refractivity contribution < 1.29 is 18.7 Å². The van der Waals surface area contributed by atoms with Gasteiger partial charge in [0.2, 0.25) is 5.91 Å². The average Bonchev–Trinajstić information content (AvgIpc) is 3.53. The minimum absolute atomic E-state index is 0.0362. The molecule has 10 nitrogen and oxygen atoms in total.